The van der Waals surface area contributed by atoms with Gasteiger partial charge in [-0.1, -0.05) is 13.8 Å². The SMILES string of the molecule is CC(C)c1nc2c(C(F)(F)F)c(OC3CCN(C)C3)ccc2[nH]1. The highest BCUT2D eigenvalue weighted by atomic mass is 19.4. The minimum Gasteiger partial charge on any atom is -0.488 e. The number of benzene rings is 1. The van der Waals surface area contributed by atoms with Crippen LogP contribution in [0.1, 0.15) is 37.6 Å². The van der Waals surface area contributed by atoms with Crippen molar-refractivity contribution in [2.75, 3.05) is 20.1 Å². The zero-order valence-electron chi connectivity index (χ0n) is 13.4. The number of H-pyrrole nitrogens is 1. The van der Waals surface area contributed by atoms with Gasteiger partial charge in [-0.25, -0.2) is 4.98 Å². The number of nitrogens with zero attached hydrogens (tertiary/aromatic N) is 2. The van der Waals surface area contributed by atoms with Gasteiger partial charge in [0.2, 0.25) is 0 Å². The van der Waals surface area contributed by atoms with Crippen molar-refractivity contribution in [2.24, 2.45) is 0 Å². The molecule has 1 fully saturated rings. The topological polar surface area (TPSA) is 41.1 Å². The number of nitrogens with one attached hydrogen (secondary N) is 1. The predicted octanol–water partition coefficient (Wildman–Crippen LogP) is 3.79. The molecule has 0 amide bonds. The summed E-state index contributed by atoms with van der Waals surface area (Å²) in [5.41, 5.74) is -0.463. The van der Waals surface area contributed by atoms with Crippen molar-refractivity contribution in [1.29, 1.82) is 0 Å². The van der Waals surface area contributed by atoms with Crippen LogP contribution in [0, 0.1) is 0 Å². The van der Waals surface area contributed by atoms with Crippen LogP contribution in [0.4, 0.5) is 13.2 Å². The summed E-state index contributed by atoms with van der Waals surface area (Å²) < 4.78 is 46.5. The Hall–Kier alpha value is -1.76. The highest BCUT2D eigenvalue weighted by Crippen LogP contribution is 2.41. The van der Waals surface area contributed by atoms with Crippen LogP contribution < -0.4 is 4.74 Å². The van der Waals surface area contributed by atoms with Crippen molar-refractivity contribution < 1.29 is 17.9 Å². The largest absolute Gasteiger partial charge is 0.488 e. The van der Waals surface area contributed by atoms with Crippen LogP contribution in [0.2, 0.25) is 0 Å². The van der Waals surface area contributed by atoms with E-state index in [0.29, 0.717) is 17.9 Å². The maximum absolute atomic E-state index is 13.6. The summed E-state index contributed by atoms with van der Waals surface area (Å²) in [5, 5.41) is 0. The lowest BCUT2D eigenvalue weighted by Gasteiger charge is -2.18. The van der Waals surface area contributed by atoms with Gasteiger partial charge in [-0.15, -0.1) is 0 Å². The molecule has 1 aromatic heterocycles. The summed E-state index contributed by atoms with van der Waals surface area (Å²) in [6, 6.07) is 3.00. The number of aromatic nitrogens is 2. The molecule has 23 heavy (non-hydrogen) atoms. The van der Waals surface area contributed by atoms with Gasteiger partial charge in [0.1, 0.15) is 28.8 Å². The maximum atomic E-state index is 13.6. The smallest absolute Gasteiger partial charge is 0.422 e. The van der Waals surface area contributed by atoms with Crippen molar-refractivity contribution in [3.05, 3.63) is 23.5 Å². The summed E-state index contributed by atoms with van der Waals surface area (Å²) in [4.78, 5) is 9.17. The van der Waals surface area contributed by atoms with Gasteiger partial charge in [-0.3, -0.25) is 0 Å². The molecule has 1 saturated heterocycles. The molecule has 0 spiro atoms. The van der Waals surface area contributed by atoms with Crippen LogP contribution in [-0.2, 0) is 6.18 Å². The summed E-state index contributed by atoms with van der Waals surface area (Å²) in [6.07, 6.45) is -4.01. The molecular formula is C16H20F3N3O. The van der Waals surface area contributed by atoms with E-state index in [9.17, 15) is 13.2 Å². The van der Waals surface area contributed by atoms with E-state index in [1.165, 1.54) is 6.07 Å². The quantitative estimate of drug-likeness (QED) is 0.932. The second-order valence-corrected chi connectivity index (χ2v) is 6.40. The van der Waals surface area contributed by atoms with Crippen LogP contribution in [0.15, 0.2) is 12.1 Å². The molecule has 3 rings (SSSR count). The van der Waals surface area contributed by atoms with Gasteiger partial charge in [0.05, 0.1) is 5.52 Å². The Kier molecular flexibility index (Phi) is 4.00. The zero-order chi connectivity index (χ0) is 16.8. The van der Waals surface area contributed by atoms with Crippen molar-refractivity contribution in [1.82, 2.24) is 14.9 Å². The molecule has 0 bridgehead atoms. The molecule has 1 aromatic carbocycles. The second kappa shape index (κ2) is 5.70. The van der Waals surface area contributed by atoms with E-state index in [4.69, 9.17) is 4.74 Å². The zero-order valence-corrected chi connectivity index (χ0v) is 13.4. The number of alkyl halides is 3. The van der Waals surface area contributed by atoms with E-state index in [-0.39, 0.29) is 23.3 Å². The van der Waals surface area contributed by atoms with Crippen LogP contribution in [0.25, 0.3) is 11.0 Å². The Bertz CT molecular complexity index is 708. The van der Waals surface area contributed by atoms with Gasteiger partial charge in [0, 0.05) is 19.0 Å². The summed E-state index contributed by atoms with van der Waals surface area (Å²) >= 11 is 0. The summed E-state index contributed by atoms with van der Waals surface area (Å²) in [6.45, 7) is 5.23. The number of likely N-dealkylation sites (N-methyl/N-ethyl adjacent to an activating group) is 1. The molecule has 2 aromatic rings. The third-order valence-corrected chi connectivity index (χ3v) is 4.11. The Morgan fingerprint density at radius 2 is 2.09 bits per heavy atom. The van der Waals surface area contributed by atoms with Crippen LogP contribution in [0.3, 0.4) is 0 Å². The molecule has 0 saturated carbocycles. The van der Waals surface area contributed by atoms with Crippen LogP contribution in [0.5, 0.6) is 5.75 Å². The first-order valence-corrected chi connectivity index (χ1v) is 7.70. The van der Waals surface area contributed by atoms with Gasteiger partial charge in [0.15, 0.2) is 0 Å². The minimum absolute atomic E-state index is 0.0244. The molecule has 2 heterocycles. The lowest BCUT2D eigenvalue weighted by molar-refractivity contribution is -0.138. The van der Waals surface area contributed by atoms with Crippen LogP contribution in [-0.4, -0.2) is 41.1 Å². The van der Waals surface area contributed by atoms with Crippen LogP contribution >= 0.6 is 0 Å². The minimum atomic E-state index is -4.51. The molecule has 126 valence electrons. The molecule has 1 N–H and O–H groups in total. The van der Waals surface area contributed by atoms with Crippen molar-refractivity contribution in [3.63, 3.8) is 0 Å². The average Bonchev–Trinajstić information content (AvgIpc) is 3.03. The number of likely N-dealkylation sites (tertiary alicyclic amines) is 1. The van der Waals surface area contributed by atoms with Gasteiger partial charge < -0.3 is 14.6 Å². The predicted molar refractivity (Wildman–Crippen MR) is 81.7 cm³/mol. The monoisotopic (exact) mass is 327 g/mol. The lowest BCUT2D eigenvalue weighted by atomic mass is 10.1. The van der Waals surface area contributed by atoms with Gasteiger partial charge in [-0.05, 0) is 25.6 Å². The Labute approximate surface area is 132 Å². The Morgan fingerprint density at radius 1 is 1.35 bits per heavy atom. The molecule has 1 aliphatic rings. The fraction of sp³-hybridized carbons (Fsp3) is 0.562. The van der Waals surface area contributed by atoms with Gasteiger partial charge >= 0.3 is 6.18 Å². The Balaban J connectivity index is 2.06. The highest BCUT2D eigenvalue weighted by Gasteiger charge is 2.39. The third-order valence-electron chi connectivity index (χ3n) is 4.11. The third kappa shape index (κ3) is 3.15. The molecule has 1 atom stereocenters. The standard InChI is InChI=1S/C16H20F3N3O/c1-9(2)15-20-11-4-5-12(23-10-6-7-22(3)8-10)13(14(11)21-15)16(17,18)19/h4-5,9-10H,6-8H2,1-3H3,(H,20,21). The Morgan fingerprint density at radius 3 is 2.65 bits per heavy atom. The van der Waals surface area contributed by atoms with E-state index in [1.807, 2.05) is 25.8 Å². The first kappa shape index (κ1) is 16.1. The molecule has 4 nitrogen and oxygen atoms in total. The average molecular weight is 327 g/mol. The first-order valence-electron chi connectivity index (χ1n) is 7.70. The number of aromatic amines is 1. The van der Waals surface area contributed by atoms with Gasteiger partial charge in [0.25, 0.3) is 0 Å². The molecule has 0 radical (unpaired) electrons. The first-order chi connectivity index (χ1) is 10.8. The normalized spacial score (nSPS) is 19.9. The highest BCUT2D eigenvalue weighted by molar-refractivity contribution is 5.82. The fourth-order valence-corrected chi connectivity index (χ4v) is 2.89. The van der Waals surface area contributed by atoms with E-state index in [0.717, 1.165) is 13.0 Å². The van der Waals surface area contributed by atoms with E-state index >= 15 is 0 Å². The number of hydrogen-bond donors (Lipinski definition) is 1. The number of halogens is 3. The van der Waals surface area contributed by atoms with E-state index in [2.05, 4.69) is 9.97 Å². The number of hydrogen-bond acceptors (Lipinski definition) is 3. The molecule has 1 unspecified atom stereocenters. The summed E-state index contributed by atoms with van der Waals surface area (Å²) in [7, 11) is 1.93. The lowest BCUT2D eigenvalue weighted by Crippen LogP contribution is -2.23. The van der Waals surface area contributed by atoms with E-state index < -0.39 is 11.7 Å². The fourth-order valence-electron chi connectivity index (χ4n) is 2.89. The van der Waals surface area contributed by atoms with E-state index in [1.54, 1.807) is 6.07 Å². The maximum Gasteiger partial charge on any atom is 0.422 e. The van der Waals surface area contributed by atoms with Crippen molar-refractivity contribution in [2.45, 2.75) is 38.5 Å². The summed E-state index contributed by atoms with van der Waals surface area (Å²) in [5.74, 6) is 0.437. The molecule has 7 heteroatoms. The number of fused-ring (bicyclic) bond motifs is 1. The molecule has 0 aliphatic carbocycles. The van der Waals surface area contributed by atoms with Crippen molar-refractivity contribution in [3.8, 4) is 5.75 Å². The molecular weight excluding hydrogens is 307 g/mol. The van der Waals surface area contributed by atoms with Gasteiger partial charge in [-0.2, -0.15) is 13.2 Å². The van der Waals surface area contributed by atoms with Crippen molar-refractivity contribution >= 4 is 11.0 Å². The number of imidazole rings is 1. The second-order valence-electron chi connectivity index (χ2n) is 6.40. The number of rotatable bonds is 3. The molecule has 1 aliphatic heterocycles. The number of ether oxygens (including phenoxy) is 1.